The summed E-state index contributed by atoms with van der Waals surface area (Å²) in [5.74, 6) is 2.46. The van der Waals surface area contributed by atoms with Crippen LogP contribution < -0.4 is 20.7 Å². The highest BCUT2D eigenvalue weighted by molar-refractivity contribution is 5.78. The second-order valence-electron chi connectivity index (χ2n) is 7.35. The van der Waals surface area contributed by atoms with Crippen LogP contribution >= 0.6 is 0 Å². The van der Waals surface area contributed by atoms with Gasteiger partial charge in [-0.15, -0.1) is 0 Å². The zero-order chi connectivity index (χ0) is 19.7. The summed E-state index contributed by atoms with van der Waals surface area (Å²) in [4.78, 5) is 30.1. The molecule has 1 saturated heterocycles. The number of anilines is 3. The standard InChI is InChI=1S/C20H25N7O/c1-25(2)18-12-17(21-13-22-18)23-14-8-10-27(11-9-14)20-24-16-7-5-4-6-15(16)19(28)26(20)3/h4-7,12-14H,8-11H2,1-3H3,(H,21,22,23). The quantitative estimate of drug-likeness (QED) is 0.741. The molecule has 1 fully saturated rings. The minimum absolute atomic E-state index is 0.00181. The van der Waals surface area contributed by atoms with Crippen molar-refractivity contribution in [2.45, 2.75) is 18.9 Å². The lowest BCUT2D eigenvalue weighted by Crippen LogP contribution is -2.42. The lowest BCUT2D eigenvalue weighted by Gasteiger charge is -2.34. The van der Waals surface area contributed by atoms with E-state index in [1.165, 1.54) is 0 Å². The number of nitrogens with one attached hydrogen (secondary N) is 1. The van der Waals surface area contributed by atoms with Crippen LogP contribution in [0.15, 0.2) is 41.5 Å². The van der Waals surface area contributed by atoms with Crippen molar-refractivity contribution in [3.05, 3.63) is 47.0 Å². The highest BCUT2D eigenvalue weighted by atomic mass is 16.1. The molecule has 0 radical (unpaired) electrons. The van der Waals surface area contributed by atoms with Crippen LogP contribution in [0, 0.1) is 0 Å². The molecule has 1 aliphatic rings. The van der Waals surface area contributed by atoms with E-state index in [2.05, 4.69) is 20.2 Å². The predicted octanol–water partition coefficient (Wildman–Crippen LogP) is 1.87. The number of aromatic nitrogens is 4. The van der Waals surface area contributed by atoms with Crippen molar-refractivity contribution < 1.29 is 0 Å². The van der Waals surface area contributed by atoms with Gasteiger partial charge in [-0.1, -0.05) is 12.1 Å². The van der Waals surface area contributed by atoms with Gasteiger partial charge < -0.3 is 15.1 Å². The van der Waals surface area contributed by atoms with Gasteiger partial charge in [-0.2, -0.15) is 0 Å². The molecule has 1 aliphatic heterocycles. The average molecular weight is 379 g/mol. The number of hydrogen-bond donors (Lipinski definition) is 1. The number of rotatable bonds is 4. The molecule has 0 unspecified atom stereocenters. The highest BCUT2D eigenvalue weighted by Crippen LogP contribution is 2.21. The molecule has 8 nitrogen and oxygen atoms in total. The normalized spacial score (nSPS) is 15.0. The Morgan fingerprint density at radius 2 is 1.89 bits per heavy atom. The zero-order valence-corrected chi connectivity index (χ0v) is 16.5. The highest BCUT2D eigenvalue weighted by Gasteiger charge is 2.23. The fraction of sp³-hybridized carbons (Fsp3) is 0.400. The third kappa shape index (κ3) is 3.49. The maximum absolute atomic E-state index is 12.6. The Morgan fingerprint density at radius 3 is 2.64 bits per heavy atom. The van der Waals surface area contributed by atoms with Gasteiger partial charge in [0.15, 0.2) is 0 Å². The summed E-state index contributed by atoms with van der Waals surface area (Å²) in [6, 6.07) is 9.80. The van der Waals surface area contributed by atoms with Gasteiger partial charge in [0.05, 0.1) is 10.9 Å². The van der Waals surface area contributed by atoms with Crippen molar-refractivity contribution in [1.29, 1.82) is 0 Å². The summed E-state index contributed by atoms with van der Waals surface area (Å²) in [7, 11) is 5.72. The molecule has 3 aromatic rings. The van der Waals surface area contributed by atoms with Gasteiger partial charge in [-0.3, -0.25) is 9.36 Å². The molecule has 1 aromatic carbocycles. The number of piperidine rings is 1. The topological polar surface area (TPSA) is 79.2 Å². The average Bonchev–Trinajstić information content (AvgIpc) is 2.71. The van der Waals surface area contributed by atoms with Gasteiger partial charge in [0.2, 0.25) is 5.95 Å². The second kappa shape index (κ2) is 7.46. The third-order valence-corrected chi connectivity index (χ3v) is 5.20. The number of fused-ring (bicyclic) bond motifs is 1. The molecule has 28 heavy (non-hydrogen) atoms. The summed E-state index contributed by atoms with van der Waals surface area (Å²) in [5, 5.41) is 4.17. The maximum Gasteiger partial charge on any atom is 0.262 e. The molecule has 0 atom stereocenters. The van der Waals surface area contributed by atoms with Crippen molar-refractivity contribution in [3.8, 4) is 0 Å². The van der Waals surface area contributed by atoms with Crippen LogP contribution in [0.5, 0.6) is 0 Å². The molecule has 4 rings (SSSR count). The monoisotopic (exact) mass is 379 g/mol. The molecular weight excluding hydrogens is 354 g/mol. The fourth-order valence-corrected chi connectivity index (χ4v) is 3.59. The first-order chi connectivity index (χ1) is 13.5. The van der Waals surface area contributed by atoms with E-state index in [0.717, 1.165) is 49.0 Å². The van der Waals surface area contributed by atoms with Crippen LogP contribution in [0.3, 0.4) is 0 Å². The van der Waals surface area contributed by atoms with Crippen LogP contribution in [-0.2, 0) is 7.05 Å². The van der Waals surface area contributed by atoms with Crippen LogP contribution in [-0.4, -0.2) is 52.7 Å². The molecule has 1 N–H and O–H groups in total. The molecule has 0 spiro atoms. The first kappa shape index (κ1) is 18.2. The van der Waals surface area contributed by atoms with Gasteiger partial charge in [0, 0.05) is 46.3 Å². The summed E-state index contributed by atoms with van der Waals surface area (Å²) in [6.07, 6.45) is 3.48. The van der Waals surface area contributed by atoms with E-state index >= 15 is 0 Å². The Morgan fingerprint density at radius 1 is 1.14 bits per heavy atom. The van der Waals surface area contributed by atoms with Crippen LogP contribution in [0.2, 0.25) is 0 Å². The summed E-state index contributed by atoms with van der Waals surface area (Å²) in [5.41, 5.74) is 0.746. The second-order valence-corrected chi connectivity index (χ2v) is 7.35. The van der Waals surface area contributed by atoms with Crippen molar-refractivity contribution in [3.63, 3.8) is 0 Å². The van der Waals surface area contributed by atoms with Gasteiger partial charge in [0.1, 0.15) is 18.0 Å². The van der Waals surface area contributed by atoms with Gasteiger partial charge in [-0.25, -0.2) is 15.0 Å². The van der Waals surface area contributed by atoms with E-state index in [1.54, 1.807) is 17.9 Å². The van der Waals surface area contributed by atoms with E-state index in [9.17, 15) is 4.79 Å². The van der Waals surface area contributed by atoms with Crippen molar-refractivity contribution in [2.24, 2.45) is 7.05 Å². The molecule has 2 aromatic heterocycles. The minimum Gasteiger partial charge on any atom is -0.367 e. The van der Waals surface area contributed by atoms with Crippen LogP contribution in [0.1, 0.15) is 12.8 Å². The molecular formula is C20H25N7O. The maximum atomic E-state index is 12.6. The molecule has 0 saturated carbocycles. The van der Waals surface area contributed by atoms with Gasteiger partial charge >= 0.3 is 0 Å². The Bertz CT molecular complexity index is 1040. The number of nitrogens with zero attached hydrogens (tertiary/aromatic N) is 6. The molecule has 146 valence electrons. The zero-order valence-electron chi connectivity index (χ0n) is 16.5. The van der Waals surface area contributed by atoms with Crippen molar-refractivity contribution in [1.82, 2.24) is 19.5 Å². The smallest absolute Gasteiger partial charge is 0.262 e. The number of para-hydroxylation sites is 1. The lowest BCUT2D eigenvalue weighted by atomic mass is 10.1. The van der Waals surface area contributed by atoms with Crippen molar-refractivity contribution in [2.75, 3.05) is 42.3 Å². The van der Waals surface area contributed by atoms with Crippen molar-refractivity contribution >= 4 is 28.5 Å². The summed E-state index contributed by atoms with van der Waals surface area (Å²) >= 11 is 0. The first-order valence-electron chi connectivity index (χ1n) is 9.49. The molecule has 0 aliphatic carbocycles. The van der Waals surface area contributed by atoms with E-state index in [1.807, 2.05) is 49.3 Å². The van der Waals surface area contributed by atoms with E-state index < -0.39 is 0 Å². The van der Waals surface area contributed by atoms with Crippen LogP contribution in [0.4, 0.5) is 17.6 Å². The lowest BCUT2D eigenvalue weighted by molar-refractivity contribution is 0.512. The fourth-order valence-electron chi connectivity index (χ4n) is 3.59. The molecule has 0 bridgehead atoms. The van der Waals surface area contributed by atoms with E-state index in [0.29, 0.717) is 11.4 Å². The van der Waals surface area contributed by atoms with Gasteiger partial charge in [-0.05, 0) is 25.0 Å². The molecule has 3 heterocycles. The van der Waals surface area contributed by atoms with Gasteiger partial charge in [0.25, 0.3) is 5.56 Å². The molecule has 0 amide bonds. The molecule has 8 heteroatoms. The Labute approximate surface area is 163 Å². The minimum atomic E-state index is -0.00181. The third-order valence-electron chi connectivity index (χ3n) is 5.20. The SMILES string of the molecule is CN(C)c1cc(NC2CCN(c3nc4ccccc4c(=O)n3C)CC2)ncn1. The Balaban J connectivity index is 1.47. The largest absolute Gasteiger partial charge is 0.367 e. The van der Waals surface area contributed by atoms with E-state index in [-0.39, 0.29) is 5.56 Å². The number of hydrogen-bond acceptors (Lipinski definition) is 7. The Kier molecular flexibility index (Phi) is 4.85. The first-order valence-corrected chi connectivity index (χ1v) is 9.49. The predicted molar refractivity (Wildman–Crippen MR) is 112 cm³/mol. The van der Waals surface area contributed by atoms with Crippen LogP contribution in [0.25, 0.3) is 10.9 Å². The summed E-state index contributed by atoms with van der Waals surface area (Å²) < 4.78 is 1.66. The van der Waals surface area contributed by atoms with E-state index in [4.69, 9.17) is 4.98 Å². The summed E-state index contributed by atoms with van der Waals surface area (Å²) in [6.45, 7) is 1.67. The Hall–Kier alpha value is -3.16. The number of benzene rings is 1.